The van der Waals surface area contributed by atoms with Crippen LogP contribution in [0, 0.1) is 11.3 Å². The van der Waals surface area contributed by atoms with Crippen LogP contribution in [0.5, 0.6) is 0 Å². The topological polar surface area (TPSA) is 56.5 Å². The van der Waals surface area contributed by atoms with Gasteiger partial charge in [0.05, 0.1) is 30.4 Å². The average Bonchev–Trinajstić information content (AvgIpc) is 2.37. The van der Waals surface area contributed by atoms with Crippen molar-refractivity contribution in [2.45, 2.75) is 32.6 Å². The zero-order chi connectivity index (χ0) is 14.3. The van der Waals surface area contributed by atoms with Crippen molar-refractivity contribution < 1.29 is 9.84 Å². The van der Waals surface area contributed by atoms with Gasteiger partial charge in [0.15, 0.2) is 0 Å². The van der Waals surface area contributed by atoms with Crippen LogP contribution in [0.4, 0.5) is 0 Å². The van der Waals surface area contributed by atoms with Gasteiger partial charge in [-0.15, -0.1) is 0 Å². The molecule has 1 aromatic rings. The Bertz CT molecular complexity index is 409. The number of hydrogen-bond donors (Lipinski definition) is 1. The van der Waals surface area contributed by atoms with E-state index in [1.807, 2.05) is 50.1 Å². The standard InChI is InChI=1S/C15H22N2O2/c1-12(2)19-11-15(18)10-17(3)9-14-6-4-13(8-16)5-7-14/h4-7,12,15,18H,9-11H2,1-3H3. The first kappa shape index (κ1) is 15.6. The van der Waals surface area contributed by atoms with Crippen molar-refractivity contribution in [1.82, 2.24) is 4.90 Å². The van der Waals surface area contributed by atoms with Crippen LogP contribution in [-0.4, -0.2) is 42.4 Å². The lowest BCUT2D eigenvalue weighted by atomic mass is 10.1. The summed E-state index contributed by atoms with van der Waals surface area (Å²) >= 11 is 0. The molecule has 0 aliphatic rings. The lowest BCUT2D eigenvalue weighted by molar-refractivity contribution is -0.00634. The third-order valence-electron chi connectivity index (χ3n) is 2.68. The van der Waals surface area contributed by atoms with E-state index < -0.39 is 6.10 Å². The molecule has 1 N–H and O–H groups in total. The molecule has 0 aliphatic carbocycles. The molecule has 0 amide bonds. The Morgan fingerprint density at radius 2 is 1.95 bits per heavy atom. The van der Waals surface area contributed by atoms with E-state index in [0.29, 0.717) is 18.7 Å². The van der Waals surface area contributed by atoms with E-state index in [4.69, 9.17) is 10.00 Å². The van der Waals surface area contributed by atoms with Gasteiger partial charge in [0, 0.05) is 13.1 Å². The van der Waals surface area contributed by atoms with Gasteiger partial charge in [0.2, 0.25) is 0 Å². The Hall–Kier alpha value is -1.41. The maximum atomic E-state index is 9.82. The Labute approximate surface area is 115 Å². The number of nitrogens with zero attached hydrogens (tertiary/aromatic N) is 2. The lowest BCUT2D eigenvalue weighted by Crippen LogP contribution is -2.32. The minimum Gasteiger partial charge on any atom is -0.389 e. The van der Waals surface area contributed by atoms with E-state index in [0.717, 1.165) is 12.1 Å². The quantitative estimate of drug-likeness (QED) is 0.813. The van der Waals surface area contributed by atoms with Gasteiger partial charge < -0.3 is 9.84 Å². The van der Waals surface area contributed by atoms with Crippen molar-refractivity contribution in [3.63, 3.8) is 0 Å². The van der Waals surface area contributed by atoms with E-state index in [2.05, 4.69) is 6.07 Å². The molecule has 104 valence electrons. The monoisotopic (exact) mass is 262 g/mol. The van der Waals surface area contributed by atoms with Crippen LogP contribution in [0.25, 0.3) is 0 Å². The summed E-state index contributed by atoms with van der Waals surface area (Å²) in [6, 6.07) is 9.58. The van der Waals surface area contributed by atoms with E-state index in [9.17, 15) is 5.11 Å². The van der Waals surface area contributed by atoms with Crippen molar-refractivity contribution in [3.05, 3.63) is 35.4 Å². The van der Waals surface area contributed by atoms with Gasteiger partial charge in [-0.05, 0) is 38.6 Å². The summed E-state index contributed by atoms with van der Waals surface area (Å²) in [4.78, 5) is 2.04. The maximum Gasteiger partial charge on any atom is 0.0991 e. The Morgan fingerprint density at radius 3 is 2.47 bits per heavy atom. The third kappa shape index (κ3) is 6.35. The molecule has 0 saturated carbocycles. The smallest absolute Gasteiger partial charge is 0.0991 e. The van der Waals surface area contributed by atoms with Crippen LogP contribution in [-0.2, 0) is 11.3 Å². The minimum atomic E-state index is -0.481. The van der Waals surface area contributed by atoms with Crippen molar-refractivity contribution in [1.29, 1.82) is 5.26 Å². The molecule has 19 heavy (non-hydrogen) atoms. The molecule has 0 radical (unpaired) electrons. The summed E-state index contributed by atoms with van der Waals surface area (Å²) in [7, 11) is 1.96. The van der Waals surface area contributed by atoms with E-state index in [1.165, 1.54) is 0 Å². The molecule has 1 unspecified atom stereocenters. The first-order chi connectivity index (χ1) is 9.01. The fourth-order valence-corrected chi connectivity index (χ4v) is 1.78. The molecule has 0 saturated heterocycles. The largest absolute Gasteiger partial charge is 0.389 e. The average molecular weight is 262 g/mol. The molecule has 0 spiro atoms. The normalized spacial score (nSPS) is 12.7. The first-order valence-corrected chi connectivity index (χ1v) is 6.48. The van der Waals surface area contributed by atoms with E-state index in [1.54, 1.807) is 0 Å². The number of likely N-dealkylation sites (N-methyl/N-ethyl adjacent to an activating group) is 1. The van der Waals surface area contributed by atoms with Crippen LogP contribution in [0.3, 0.4) is 0 Å². The van der Waals surface area contributed by atoms with Gasteiger partial charge in [-0.2, -0.15) is 5.26 Å². The fraction of sp³-hybridized carbons (Fsp3) is 0.533. The number of hydrogen-bond acceptors (Lipinski definition) is 4. The van der Waals surface area contributed by atoms with Gasteiger partial charge >= 0.3 is 0 Å². The lowest BCUT2D eigenvalue weighted by Gasteiger charge is -2.21. The number of nitriles is 1. The van der Waals surface area contributed by atoms with Crippen molar-refractivity contribution >= 4 is 0 Å². The summed E-state index contributed by atoms with van der Waals surface area (Å²) in [6.07, 6.45) is -0.343. The number of ether oxygens (including phenoxy) is 1. The molecule has 0 aromatic heterocycles. The molecule has 4 heteroatoms. The van der Waals surface area contributed by atoms with Gasteiger partial charge in [-0.3, -0.25) is 4.90 Å². The Balaban J connectivity index is 2.37. The highest BCUT2D eigenvalue weighted by Gasteiger charge is 2.09. The molecule has 0 heterocycles. The highest BCUT2D eigenvalue weighted by molar-refractivity contribution is 5.31. The highest BCUT2D eigenvalue weighted by atomic mass is 16.5. The van der Waals surface area contributed by atoms with Crippen molar-refractivity contribution in [2.24, 2.45) is 0 Å². The second kappa shape index (κ2) is 7.90. The summed E-state index contributed by atoms with van der Waals surface area (Å²) in [6.45, 7) is 5.56. The number of rotatable bonds is 7. The SMILES string of the molecule is CC(C)OCC(O)CN(C)Cc1ccc(C#N)cc1. The molecule has 0 bridgehead atoms. The maximum absolute atomic E-state index is 9.82. The fourth-order valence-electron chi connectivity index (χ4n) is 1.78. The molecule has 0 aliphatic heterocycles. The van der Waals surface area contributed by atoms with E-state index in [-0.39, 0.29) is 6.10 Å². The molecule has 0 fully saturated rings. The Kier molecular flexibility index (Phi) is 6.51. The summed E-state index contributed by atoms with van der Waals surface area (Å²) in [5.41, 5.74) is 1.79. The van der Waals surface area contributed by atoms with Crippen LogP contribution in [0.15, 0.2) is 24.3 Å². The summed E-state index contributed by atoms with van der Waals surface area (Å²) in [5.74, 6) is 0. The zero-order valence-electron chi connectivity index (χ0n) is 11.8. The minimum absolute atomic E-state index is 0.137. The van der Waals surface area contributed by atoms with Gasteiger partial charge in [0.1, 0.15) is 0 Å². The second-order valence-corrected chi connectivity index (χ2v) is 5.04. The van der Waals surface area contributed by atoms with E-state index >= 15 is 0 Å². The van der Waals surface area contributed by atoms with Crippen LogP contribution in [0.2, 0.25) is 0 Å². The Morgan fingerprint density at radius 1 is 1.32 bits per heavy atom. The number of aliphatic hydroxyl groups excluding tert-OH is 1. The molecule has 1 atom stereocenters. The predicted octanol–water partition coefficient (Wildman–Crippen LogP) is 1.78. The van der Waals surface area contributed by atoms with Crippen LogP contribution < -0.4 is 0 Å². The predicted molar refractivity (Wildman–Crippen MR) is 74.6 cm³/mol. The van der Waals surface area contributed by atoms with Crippen LogP contribution in [0.1, 0.15) is 25.0 Å². The van der Waals surface area contributed by atoms with Crippen molar-refractivity contribution in [2.75, 3.05) is 20.2 Å². The third-order valence-corrected chi connectivity index (χ3v) is 2.68. The molecular formula is C15H22N2O2. The first-order valence-electron chi connectivity index (χ1n) is 6.48. The second-order valence-electron chi connectivity index (χ2n) is 5.04. The molecule has 1 rings (SSSR count). The van der Waals surface area contributed by atoms with Gasteiger partial charge in [-0.25, -0.2) is 0 Å². The van der Waals surface area contributed by atoms with Gasteiger partial charge in [-0.1, -0.05) is 12.1 Å². The summed E-state index contributed by atoms with van der Waals surface area (Å²) in [5, 5.41) is 18.5. The van der Waals surface area contributed by atoms with Crippen LogP contribution >= 0.6 is 0 Å². The number of benzene rings is 1. The van der Waals surface area contributed by atoms with Gasteiger partial charge in [0.25, 0.3) is 0 Å². The zero-order valence-corrected chi connectivity index (χ0v) is 11.8. The molecule has 1 aromatic carbocycles. The number of aliphatic hydroxyl groups is 1. The molecule has 4 nitrogen and oxygen atoms in total. The highest BCUT2D eigenvalue weighted by Crippen LogP contribution is 2.06. The molecular weight excluding hydrogens is 240 g/mol. The van der Waals surface area contributed by atoms with Crippen molar-refractivity contribution in [3.8, 4) is 6.07 Å². The summed E-state index contributed by atoms with van der Waals surface area (Å²) < 4.78 is 5.37.